The fraction of sp³-hybridized carbons (Fsp3) is 0.263. The van der Waals surface area contributed by atoms with E-state index in [2.05, 4.69) is 5.32 Å². The lowest BCUT2D eigenvalue weighted by Crippen LogP contribution is -2.40. The van der Waals surface area contributed by atoms with E-state index in [1.807, 2.05) is 6.92 Å². The van der Waals surface area contributed by atoms with E-state index in [1.165, 1.54) is 26.1 Å². The summed E-state index contributed by atoms with van der Waals surface area (Å²) in [6, 6.07) is 11.7. The molecular formula is C19H22N2O6S. The van der Waals surface area contributed by atoms with Gasteiger partial charge in [-0.3, -0.25) is 13.9 Å². The first-order valence-corrected chi connectivity index (χ1v) is 9.86. The molecule has 0 radical (unpaired) electrons. The fourth-order valence-corrected chi connectivity index (χ4v) is 3.45. The van der Waals surface area contributed by atoms with Gasteiger partial charge in [0.1, 0.15) is 11.8 Å². The summed E-state index contributed by atoms with van der Waals surface area (Å²) in [4.78, 5) is 22.5. The number of sulfonamides is 1. The SMILES string of the molecule is Cc1ccc(S(=O)(=O)N(C)c2ccc(OCC(=O)NC(C)C(=O)O)cc2)cc1. The van der Waals surface area contributed by atoms with Gasteiger partial charge in [-0.2, -0.15) is 0 Å². The lowest BCUT2D eigenvalue weighted by molar-refractivity contribution is -0.141. The van der Waals surface area contributed by atoms with Crippen molar-refractivity contribution in [3.8, 4) is 5.75 Å². The van der Waals surface area contributed by atoms with E-state index in [-0.39, 0.29) is 11.5 Å². The Hall–Kier alpha value is -3.07. The molecule has 0 aromatic heterocycles. The highest BCUT2D eigenvalue weighted by atomic mass is 32.2. The maximum absolute atomic E-state index is 12.7. The molecule has 2 aromatic carbocycles. The van der Waals surface area contributed by atoms with Crippen LogP contribution in [-0.2, 0) is 19.6 Å². The second-order valence-electron chi connectivity index (χ2n) is 6.20. The predicted octanol–water partition coefficient (Wildman–Crippen LogP) is 1.79. The van der Waals surface area contributed by atoms with E-state index < -0.39 is 27.9 Å². The summed E-state index contributed by atoms with van der Waals surface area (Å²) in [6.45, 7) is 2.87. The number of hydrogen-bond acceptors (Lipinski definition) is 5. The van der Waals surface area contributed by atoms with Gasteiger partial charge < -0.3 is 15.2 Å². The Kier molecular flexibility index (Phi) is 6.63. The Morgan fingerprint density at radius 1 is 1.11 bits per heavy atom. The van der Waals surface area contributed by atoms with Gasteiger partial charge in [0.25, 0.3) is 15.9 Å². The molecule has 1 unspecified atom stereocenters. The van der Waals surface area contributed by atoms with Crippen molar-refractivity contribution >= 4 is 27.6 Å². The molecule has 0 aliphatic heterocycles. The molecule has 150 valence electrons. The van der Waals surface area contributed by atoms with Crippen molar-refractivity contribution in [3.05, 3.63) is 54.1 Å². The second kappa shape index (κ2) is 8.75. The molecule has 2 aromatic rings. The molecular weight excluding hydrogens is 384 g/mol. The van der Waals surface area contributed by atoms with Crippen molar-refractivity contribution in [2.45, 2.75) is 24.8 Å². The first-order chi connectivity index (χ1) is 13.1. The monoisotopic (exact) mass is 406 g/mol. The third kappa shape index (κ3) is 5.23. The standard InChI is InChI=1S/C19H22N2O6S/c1-13-4-10-17(11-5-13)28(25,26)21(3)15-6-8-16(9-7-15)27-12-18(22)20-14(2)19(23)24/h4-11,14H,12H2,1-3H3,(H,20,22)(H,23,24). The van der Waals surface area contributed by atoms with Gasteiger partial charge in [-0.15, -0.1) is 0 Å². The van der Waals surface area contributed by atoms with E-state index in [1.54, 1.807) is 36.4 Å². The molecule has 2 rings (SSSR count). The topological polar surface area (TPSA) is 113 Å². The van der Waals surface area contributed by atoms with Crippen molar-refractivity contribution in [1.82, 2.24) is 5.32 Å². The lowest BCUT2D eigenvalue weighted by Gasteiger charge is -2.20. The molecule has 9 heteroatoms. The number of ether oxygens (including phenoxy) is 1. The van der Waals surface area contributed by atoms with Crippen molar-refractivity contribution in [2.75, 3.05) is 18.0 Å². The third-order valence-electron chi connectivity index (χ3n) is 4.00. The minimum absolute atomic E-state index is 0.185. The van der Waals surface area contributed by atoms with Crippen LogP contribution in [0.4, 0.5) is 5.69 Å². The van der Waals surface area contributed by atoms with Crippen LogP contribution in [0.25, 0.3) is 0 Å². The molecule has 0 saturated heterocycles. The number of aliphatic carboxylic acids is 1. The number of hydrogen-bond donors (Lipinski definition) is 2. The number of nitrogens with one attached hydrogen (secondary N) is 1. The Morgan fingerprint density at radius 3 is 2.21 bits per heavy atom. The Bertz CT molecular complexity index is 939. The van der Waals surface area contributed by atoms with Crippen LogP contribution >= 0.6 is 0 Å². The number of carboxylic acid groups (broad SMARTS) is 1. The number of carboxylic acids is 1. The van der Waals surface area contributed by atoms with Gasteiger partial charge in [0, 0.05) is 7.05 Å². The molecule has 8 nitrogen and oxygen atoms in total. The molecule has 0 spiro atoms. The molecule has 1 atom stereocenters. The molecule has 1 amide bonds. The van der Waals surface area contributed by atoms with Gasteiger partial charge >= 0.3 is 5.97 Å². The summed E-state index contributed by atoms with van der Waals surface area (Å²) in [6.07, 6.45) is 0. The summed E-state index contributed by atoms with van der Waals surface area (Å²) < 4.78 is 31.8. The lowest BCUT2D eigenvalue weighted by atomic mass is 10.2. The van der Waals surface area contributed by atoms with Gasteiger partial charge in [-0.25, -0.2) is 8.42 Å². The molecule has 2 N–H and O–H groups in total. The molecule has 0 heterocycles. The van der Waals surface area contributed by atoms with E-state index in [4.69, 9.17) is 9.84 Å². The van der Waals surface area contributed by atoms with E-state index in [9.17, 15) is 18.0 Å². The van der Waals surface area contributed by atoms with Crippen molar-refractivity contribution in [2.24, 2.45) is 0 Å². The highest BCUT2D eigenvalue weighted by molar-refractivity contribution is 7.92. The number of benzene rings is 2. The van der Waals surface area contributed by atoms with E-state index in [0.29, 0.717) is 11.4 Å². The van der Waals surface area contributed by atoms with Crippen LogP contribution in [0, 0.1) is 6.92 Å². The summed E-state index contributed by atoms with van der Waals surface area (Å²) in [5, 5.41) is 11.0. The van der Waals surface area contributed by atoms with E-state index in [0.717, 1.165) is 9.87 Å². The number of aryl methyl sites for hydroxylation is 1. The van der Waals surface area contributed by atoms with Crippen molar-refractivity contribution < 1.29 is 27.9 Å². The highest BCUT2D eigenvalue weighted by Gasteiger charge is 2.21. The predicted molar refractivity (Wildman–Crippen MR) is 104 cm³/mol. The van der Waals surface area contributed by atoms with Crippen LogP contribution < -0.4 is 14.4 Å². The zero-order valence-electron chi connectivity index (χ0n) is 15.7. The van der Waals surface area contributed by atoms with Crippen LogP contribution in [0.2, 0.25) is 0 Å². The van der Waals surface area contributed by atoms with Crippen molar-refractivity contribution in [1.29, 1.82) is 0 Å². The number of amides is 1. The Labute approximate surface area is 163 Å². The maximum atomic E-state index is 12.7. The smallest absolute Gasteiger partial charge is 0.325 e. The Balaban J connectivity index is 2.02. The minimum Gasteiger partial charge on any atom is -0.484 e. The number of rotatable bonds is 8. The summed E-state index contributed by atoms with van der Waals surface area (Å²) in [5.41, 5.74) is 1.39. The molecule has 0 saturated carbocycles. The van der Waals surface area contributed by atoms with Crippen LogP contribution in [0.1, 0.15) is 12.5 Å². The number of nitrogens with zero attached hydrogens (tertiary/aromatic N) is 1. The average molecular weight is 406 g/mol. The molecule has 0 aliphatic carbocycles. The summed E-state index contributed by atoms with van der Waals surface area (Å²) >= 11 is 0. The normalized spacial score (nSPS) is 12.1. The number of carbonyl (C=O) groups excluding carboxylic acids is 1. The summed E-state index contributed by atoms with van der Waals surface area (Å²) in [5.74, 6) is -1.36. The summed E-state index contributed by atoms with van der Waals surface area (Å²) in [7, 11) is -2.25. The fourth-order valence-electron chi connectivity index (χ4n) is 2.25. The molecule has 0 fully saturated rings. The van der Waals surface area contributed by atoms with Crippen LogP contribution in [0.15, 0.2) is 53.4 Å². The van der Waals surface area contributed by atoms with E-state index >= 15 is 0 Å². The Morgan fingerprint density at radius 2 is 1.68 bits per heavy atom. The van der Waals surface area contributed by atoms with Crippen LogP contribution in [-0.4, -0.2) is 45.1 Å². The molecule has 0 aliphatic rings. The number of anilines is 1. The first kappa shape index (κ1) is 21.2. The van der Waals surface area contributed by atoms with Gasteiger partial charge in [-0.1, -0.05) is 17.7 Å². The maximum Gasteiger partial charge on any atom is 0.325 e. The zero-order chi connectivity index (χ0) is 20.9. The minimum atomic E-state index is -3.70. The van der Waals surface area contributed by atoms with Gasteiger partial charge in [0.15, 0.2) is 6.61 Å². The van der Waals surface area contributed by atoms with Crippen LogP contribution in [0.3, 0.4) is 0 Å². The second-order valence-corrected chi connectivity index (χ2v) is 8.16. The zero-order valence-corrected chi connectivity index (χ0v) is 16.6. The van der Waals surface area contributed by atoms with Gasteiger partial charge in [-0.05, 0) is 50.2 Å². The quantitative estimate of drug-likeness (QED) is 0.691. The third-order valence-corrected chi connectivity index (χ3v) is 5.80. The van der Waals surface area contributed by atoms with Crippen LogP contribution in [0.5, 0.6) is 5.75 Å². The van der Waals surface area contributed by atoms with Crippen molar-refractivity contribution in [3.63, 3.8) is 0 Å². The first-order valence-electron chi connectivity index (χ1n) is 8.42. The number of carbonyl (C=O) groups is 2. The largest absolute Gasteiger partial charge is 0.484 e. The highest BCUT2D eigenvalue weighted by Crippen LogP contribution is 2.24. The molecule has 28 heavy (non-hydrogen) atoms. The van der Waals surface area contributed by atoms with Gasteiger partial charge in [0.05, 0.1) is 10.6 Å². The average Bonchev–Trinajstić information content (AvgIpc) is 2.66. The molecule has 0 bridgehead atoms. The van der Waals surface area contributed by atoms with Gasteiger partial charge in [0.2, 0.25) is 0 Å².